The molecule has 2 heterocycles. The number of aliphatic imine (C=N–C) groups is 1. The van der Waals surface area contributed by atoms with E-state index in [4.69, 9.17) is 4.74 Å². The minimum atomic E-state index is -0.240. The topological polar surface area (TPSA) is 106 Å². The first-order valence-electron chi connectivity index (χ1n) is 13.1. The van der Waals surface area contributed by atoms with E-state index in [0.717, 1.165) is 28.1 Å². The Morgan fingerprint density at radius 3 is 2.42 bits per heavy atom. The van der Waals surface area contributed by atoms with Crippen LogP contribution in [0.2, 0.25) is 0 Å². The van der Waals surface area contributed by atoms with Gasteiger partial charge in [-0.1, -0.05) is 38.1 Å². The molecule has 2 N–H and O–H groups in total. The normalized spacial score (nSPS) is 15.1. The van der Waals surface area contributed by atoms with Gasteiger partial charge in [0.25, 0.3) is 5.91 Å². The Morgan fingerprint density at radius 2 is 1.82 bits per heavy atom. The summed E-state index contributed by atoms with van der Waals surface area (Å²) in [6.45, 7) is 7.62. The van der Waals surface area contributed by atoms with Crippen LogP contribution in [0.3, 0.4) is 0 Å². The fourth-order valence-electron chi connectivity index (χ4n) is 4.32. The quantitative estimate of drug-likeness (QED) is 0.343. The molecule has 38 heavy (non-hydrogen) atoms. The van der Waals surface area contributed by atoms with Crippen molar-refractivity contribution in [3.8, 4) is 17.0 Å². The molecule has 200 valence electrons. The molecule has 0 saturated heterocycles. The van der Waals surface area contributed by atoms with E-state index >= 15 is 0 Å². The molecule has 1 aliphatic heterocycles. The number of imidazole rings is 1. The third-order valence-corrected chi connectivity index (χ3v) is 6.42. The Bertz CT molecular complexity index is 1320. The van der Waals surface area contributed by atoms with Gasteiger partial charge >= 0.3 is 0 Å². The molecule has 1 unspecified atom stereocenters. The van der Waals surface area contributed by atoms with Gasteiger partial charge in [0.2, 0.25) is 5.78 Å². The number of carbonyl (C=O) groups is 2. The highest BCUT2D eigenvalue weighted by molar-refractivity contribution is 5.96. The van der Waals surface area contributed by atoms with E-state index in [1.54, 1.807) is 10.6 Å². The maximum absolute atomic E-state index is 13.1. The standard InChI is InChI=1S/C30H36N4O4/c1-18(2)28(36)29-33-26(17-34(29)5)21-8-6-20(7-9-21)14-23(12-13-35)32-30(37)22-10-11-27(38-19(3)4)24(15-22)25-16-31-25/h6-11,15-19,23,25,35H,12-14H2,1-5H3,(H,32,37)/t23-,25?/m1/s1. The van der Waals surface area contributed by atoms with Gasteiger partial charge in [-0.2, -0.15) is 0 Å². The molecule has 8 heteroatoms. The number of amides is 1. The summed E-state index contributed by atoms with van der Waals surface area (Å²) in [4.78, 5) is 34.3. The smallest absolute Gasteiger partial charge is 0.251 e. The van der Waals surface area contributed by atoms with Crippen LogP contribution in [0.1, 0.15) is 72.3 Å². The van der Waals surface area contributed by atoms with Crippen molar-refractivity contribution in [2.24, 2.45) is 18.0 Å². The summed E-state index contributed by atoms with van der Waals surface area (Å²) in [5, 5.41) is 12.7. The first-order valence-corrected chi connectivity index (χ1v) is 13.1. The highest BCUT2D eigenvalue weighted by atomic mass is 16.5. The number of ketones is 1. The number of benzene rings is 2. The lowest BCUT2D eigenvalue weighted by Gasteiger charge is -2.19. The van der Waals surface area contributed by atoms with Crippen LogP contribution in [0.4, 0.5) is 0 Å². The van der Waals surface area contributed by atoms with Crippen LogP contribution in [0, 0.1) is 5.92 Å². The van der Waals surface area contributed by atoms with Crippen molar-refractivity contribution in [2.75, 3.05) is 6.61 Å². The van der Waals surface area contributed by atoms with Gasteiger partial charge in [0.1, 0.15) is 11.8 Å². The number of nitrogens with zero attached hydrogens (tertiary/aromatic N) is 3. The van der Waals surface area contributed by atoms with Gasteiger partial charge < -0.3 is 19.7 Å². The summed E-state index contributed by atoms with van der Waals surface area (Å²) >= 11 is 0. The third-order valence-electron chi connectivity index (χ3n) is 6.42. The van der Waals surface area contributed by atoms with E-state index in [1.807, 2.05) is 83.6 Å². The highest BCUT2D eigenvalue weighted by Gasteiger charge is 2.24. The Labute approximate surface area is 223 Å². The SMILES string of the molecule is CC(C)Oc1ccc(C(=O)N[C@H](CCO)Cc2ccc(-c3cn(C)c(C(=O)C(C)C)n3)cc2)cc1C1C=N1. The van der Waals surface area contributed by atoms with Gasteiger partial charge in [0.05, 0.1) is 11.8 Å². The predicted octanol–water partition coefficient (Wildman–Crippen LogP) is 4.56. The van der Waals surface area contributed by atoms with Crippen LogP contribution in [-0.4, -0.2) is 51.3 Å². The predicted molar refractivity (Wildman–Crippen MR) is 148 cm³/mol. The van der Waals surface area contributed by atoms with Gasteiger partial charge in [-0.05, 0) is 50.5 Å². The summed E-state index contributed by atoms with van der Waals surface area (Å²) < 4.78 is 7.65. The van der Waals surface area contributed by atoms with Gasteiger partial charge in [0.15, 0.2) is 5.82 Å². The van der Waals surface area contributed by atoms with E-state index < -0.39 is 0 Å². The zero-order chi connectivity index (χ0) is 27.4. The Morgan fingerprint density at radius 1 is 1.11 bits per heavy atom. The van der Waals surface area contributed by atoms with Gasteiger partial charge in [0, 0.05) is 54.7 Å². The average Bonchev–Trinajstić information content (AvgIpc) is 3.65. The number of nitrogens with one attached hydrogen (secondary N) is 1. The van der Waals surface area contributed by atoms with Crippen molar-refractivity contribution >= 4 is 17.9 Å². The number of carbonyl (C=O) groups excluding carboxylic acids is 2. The molecule has 2 atom stereocenters. The number of aromatic nitrogens is 2. The lowest BCUT2D eigenvalue weighted by Crippen LogP contribution is -2.37. The van der Waals surface area contributed by atoms with Crippen molar-refractivity contribution in [3.05, 3.63) is 71.2 Å². The summed E-state index contributed by atoms with van der Waals surface area (Å²) in [6, 6.07) is 13.1. The first kappa shape index (κ1) is 27.3. The number of aliphatic hydroxyl groups excluding tert-OH is 1. The number of aryl methyl sites for hydroxylation is 1. The van der Waals surface area contributed by atoms with Crippen LogP contribution in [0.25, 0.3) is 11.3 Å². The molecule has 0 saturated carbocycles. The molecule has 2 aromatic carbocycles. The number of aliphatic hydroxyl groups is 1. The lowest BCUT2D eigenvalue weighted by atomic mass is 10.0. The van der Waals surface area contributed by atoms with E-state index in [9.17, 15) is 14.7 Å². The second-order valence-electron chi connectivity index (χ2n) is 10.3. The second kappa shape index (κ2) is 11.7. The highest BCUT2D eigenvalue weighted by Crippen LogP contribution is 2.34. The molecule has 1 aliphatic rings. The first-order chi connectivity index (χ1) is 18.2. The minimum absolute atomic E-state index is 0.0109. The number of rotatable bonds is 12. The largest absolute Gasteiger partial charge is 0.491 e. The zero-order valence-electron chi connectivity index (χ0n) is 22.6. The fourth-order valence-corrected chi connectivity index (χ4v) is 4.32. The van der Waals surface area contributed by atoms with E-state index in [-0.39, 0.29) is 42.4 Å². The van der Waals surface area contributed by atoms with Gasteiger partial charge in [-0.15, -0.1) is 0 Å². The van der Waals surface area contributed by atoms with Crippen molar-refractivity contribution < 1.29 is 19.4 Å². The fraction of sp³-hybridized carbons (Fsp3) is 0.400. The van der Waals surface area contributed by atoms with Crippen molar-refractivity contribution in [1.29, 1.82) is 0 Å². The zero-order valence-corrected chi connectivity index (χ0v) is 22.6. The molecule has 0 fully saturated rings. The number of ether oxygens (including phenoxy) is 1. The minimum Gasteiger partial charge on any atom is -0.491 e. The Kier molecular flexibility index (Phi) is 8.42. The number of Topliss-reactive ketones (excluding diaryl/α,β-unsaturated/α-hetero) is 1. The van der Waals surface area contributed by atoms with Gasteiger partial charge in [-0.3, -0.25) is 14.6 Å². The molecule has 1 amide bonds. The number of hydrogen-bond donors (Lipinski definition) is 2. The molecule has 1 aromatic heterocycles. The Hall–Kier alpha value is -3.78. The van der Waals surface area contributed by atoms with Crippen LogP contribution in [0.5, 0.6) is 5.75 Å². The molecular weight excluding hydrogens is 480 g/mol. The van der Waals surface area contributed by atoms with Crippen molar-refractivity contribution in [2.45, 2.75) is 58.7 Å². The van der Waals surface area contributed by atoms with Crippen molar-refractivity contribution in [1.82, 2.24) is 14.9 Å². The summed E-state index contributed by atoms with van der Waals surface area (Å²) in [5.41, 5.74) is 4.09. The summed E-state index contributed by atoms with van der Waals surface area (Å²) in [6.07, 6.45) is 4.71. The van der Waals surface area contributed by atoms with E-state index in [0.29, 0.717) is 24.2 Å². The molecule has 0 spiro atoms. The lowest BCUT2D eigenvalue weighted by molar-refractivity contribution is 0.0919. The third kappa shape index (κ3) is 6.55. The molecule has 0 bridgehead atoms. The maximum atomic E-state index is 13.1. The molecule has 3 aromatic rings. The molecule has 0 radical (unpaired) electrons. The van der Waals surface area contributed by atoms with Gasteiger partial charge in [-0.25, -0.2) is 4.98 Å². The molecule has 8 nitrogen and oxygen atoms in total. The summed E-state index contributed by atoms with van der Waals surface area (Å²) in [7, 11) is 1.83. The van der Waals surface area contributed by atoms with Crippen molar-refractivity contribution in [3.63, 3.8) is 0 Å². The summed E-state index contributed by atoms with van der Waals surface area (Å²) in [5.74, 6) is 0.875. The van der Waals surface area contributed by atoms with Crippen LogP contribution in [-0.2, 0) is 13.5 Å². The molecular formula is C30H36N4O4. The Balaban J connectivity index is 1.44. The molecule has 4 rings (SSSR count). The maximum Gasteiger partial charge on any atom is 0.251 e. The molecule has 0 aliphatic carbocycles. The monoisotopic (exact) mass is 516 g/mol. The van der Waals surface area contributed by atoms with Crippen LogP contribution >= 0.6 is 0 Å². The van der Waals surface area contributed by atoms with E-state index in [1.165, 1.54) is 0 Å². The van der Waals surface area contributed by atoms with Crippen LogP contribution in [0.15, 0.2) is 53.7 Å². The van der Waals surface area contributed by atoms with Crippen LogP contribution < -0.4 is 10.1 Å². The number of hydrogen-bond acceptors (Lipinski definition) is 6. The average molecular weight is 517 g/mol. The second-order valence-corrected chi connectivity index (χ2v) is 10.3. The van der Waals surface area contributed by atoms with E-state index in [2.05, 4.69) is 15.3 Å².